The van der Waals surface area contributed by atoms with E-state index < -0.39 is 174 Å². The number of hydrogen-bond acceptors (Lipinski definition) is 24. The van der Waals surface area contributed by atoms with Crippen LogP contribution in [0.4, 0.5) is 0 Å². The molecule has 54 heavy (non-hydrogen) atoms. The molecule has 4 saturated heterocycles. The van der Waals surface area contributed by atoms with Gasteiger partial charge in [-0.2, -0.15) is 0 Å². The maximum Gasteiger partial charge on any atom is 0.187 e. The molecule has 0 aromatic rings. The highest BCUT2D eigenvalue weighted by atomic mass is 16.8. The highest BCUT2D eigenvalue weighted by Gasteiger charge is 2.56. The second kappa shape index (κ2) is 19.7. The van der Waals surface area contributed by atoms with Crippen LogP contribution in [0.2, 0.25) is 0 Å². The number of hydrogen-bond donors (Lipinski definition) is 16. The smallest absolute Gasteiger partial charge is 0.187 e. The minimum absolute atomic E-state index is 0.893. The zero-order valence-electron chi connectivity index (χ0n) is 29.1. The molecule has 4 rings (SSSR count). The van der Waals surface area contributed by atoms with Crippen molar-refractivity contribution in [2.45, 2.75) is 161 Å². The van der Waals surface area contributed by atoms with Crippen LogP contribution in [0.15, 0.2) is 0 Å². The molecule has 24 atom stereocenters. The lowest BCUT2D eigenvalue weighted by Gasteiger charge is -2.50. The first-order valence-electron chi connectivity index (χ1n) is 17.3. The van der Waals surface area contributed by atoms with E-state index >= 15 is 0 Å². The molecule has 0 radical (unpaired) electrons. The fourth-order valence-electron chi connectivity index (χ4n) is 6.48. The SMILES string of the molecule is C[C@@H]1O[C@@H](O[C@H]2[C@H](O[C@@H]([C@H](O[C@@H]3O[C@@H](C)[C@@H](O)[C@@H](O)[C@@H]3O)[C@H](O)CO)[C@@H](O)CO)O[C@H](CO)[C@H](O)[C@@H]2O[C@H]2O[C@H](CO)[C@H](O)[C@H](O)[C@H]2O)[C@@H](O)[C@H](O)[C@@H]1O. The molecule has 4 heterocycles. The van der Waals surface area contributed by atoms with Crippen LogP contribution in [0.5, 0.6) is 0 Å². The van der Waals surface area contributed by atoms with Crippen molar-refractivity contribution >= 4 is 0 Å². The van der Waals surface area contributed by atoms with Gasteiger partial charge < -0.3 is 120 Å². The Kier molecular flexibility index (Phi) is 16.7. The molecule has 24 nitrogen and oxygen atoms in total. The van der Waals surface area contributed by atoms with Gasteiger partial charge >= 0.3 is 0 Å². The summed E-state index contributed by atoms with van der Waals surface area (Å²) in [5.41, 5.74) is 0. The van der Waals surface area contributed by atoms with Crippen molar-refractivity contribution in [3.05, 3.63) is 0 Å². The van der Waals surface area contributed by atoms with Crippen molar-refractivity contribution in [1.82, 2.24) is 0 Å². The second-order valence-electron chi connectivity index (χ2n) is 13.7. The van der Waals surface area contributed by atoms with Crippen LogP contribution in [0.3, 0.4) is 0 Å². The lowest BCUT2D eigenvalue weighted by Crippen LogP contribution is -2.68. The van der Waals surface area contributed by atoms with Gasteiger partial charge in [-0.3, -0.25) is 0 Å². The zero-order chi connectivity index (χ0) is 40.3. The summed E-state index contributed by atoms with van der Waals surface area (Å²) in [6.45, 7) is -1.59. The predicted octanol–water partition coefficient (Wildman–Crippen LogP) is -10.2. The van der Waals surface area contributed by atoms with Crippen molar-refractivity contribution in [3.8, 4) is 0 Å². The summed E-state index contributed by atoms with van der Waals surface area (Å²) < 4.78 is 45.4. The molecular formula is C30H54O24. The molecular weight excluding hydrogens is 744 g/mol. The van der Waals surface area contributed by atoms with E-state index in [9.17, 15) is 81.7 Å². The molecule has 0 aromatic carbocycles. The lowest BCUT2D eigenvalue weighted by molar-refractivity contribution is -0.401. The monoisotopic (exact) mass is 798 g/mol. The maximum absolute atomic E-state index is 11.3. The van der Waals surface area contributed by atoms with Gasteiger partial charge in [0.25, 0.3) is 0 Å². The van der Waals surface area contributed by atoms with Gasteiger partial charge in [-0.25, -0.2) is 0 Å². The van der Waals surface area contributed by atoms with Crippen molar-refractivity contribution in [1.29, 1.82) is 0 Å². The molecule has 0 amide bonds. The first-order valence-corrected chi connectivity index (χ1v) is 17.3. The first-order chi connectivity index (χ1) is 25.4. The number of rotatable bonds is 15. The summed E-state index contributed by atoms with van der Waals surface area (Å²) in [7, 11) is 0. The van der Waals surface area contributed by atoms with Crippen molar-refractivity contribution < 1.29 is 120 Å². The zero-order valence-corrected chi connectivity index (χ0v) is 29.1. The highest BCUT2D eigenvalue weighted by molar-refractivity contribution is 4.98. The van der Waals surface area contributed by atoms with Gasteiger partial charge in [-0.05, 0) is 13.8 Å². The van der Waals surface area contributed by atoms with Gasteiger partial charge in [0.15, 0.2) is 25.2 Å². The van der Waals surface area contributed by atoms with Gasteiger partial charge in [-0.15, -0.1) is 0 Å². The topological polar surface area (TPSA) is 398 Å². The molecule has 4 aliphatic rings. The standard InChI is InChI=1S/C30H54O24/c1-7-13(37)17(41)20(44)27(47-7)51-23(9(35)3-31)24(10(36)4-32)52-30-26(54-28-21(45)18(42)14(38)8(2)48-28)25(16(40)12(6-34)50-30)53-29-22(46)19(43)15(39)11(5-33)49-29/h7-46H,3-6H2,1-2H3/t7-,8-,9+,10-,11+,12+,13+,14+,15-,16-,17+,18+,19-,20-,21-,22+,23+,24+,25-,26+,27-,28-,29+,30-/m0/s1. The molecule has 4 fully saturated rings. The molecule has 0 aromatic heterocycles. The van der Waals surface area contributed by atoms with Gasteiger partial charge in [-0.1, -0.05) is 0 Å². The van der Waals surface area contributed by atoms with E-state index in [0.29, 0.717) is 0 Å². The Bertz CT molecular complexity index is 1130. The minimum Gasteiger partial charge on any atom is -0.394 e. The Hall–Kier alpha value is -0.960. The Morgan fingerprint density at radius 1 is 0.426 bits per heavy atom. The number of aliphatic hydroxyl groups is 16. The Morgan fingerprint density at radius 2 is 0.796 bits per heavy atom. The van der Waals surface area contributed by atoms with E-state index in [4.69, 9.17) is 37.9 Å². The van der Waals surface area contributed by atoms with E-state index in [1.54, 1.807) is 0 Å². The predicted molar refractivity (Wildman–Crippen MR) is 166 cm³/mol. The Morgan fingerprint density at radius 3 is 1.28 bits per heavy atom. The number of aliphatic hydroxyl groups excluding tert-OH is 16. The van der Waals surface area contributed by atoms with Gasteiger partial charge in [0.05, 0.1) is 38.6 Å². The van der Waals surface area contributed by atoms with Crippen LogP contribution in [-0.2, 0) is 37.9 Å². The Balaban J connectivity index is 1.75. The van der Waals surface area contributed by atoms with E-state index in [2.05, 4.69) is 0 Å². The minimum atomic E-state index is -2.12. The highest BCUT2D eigenvalue weighted by Crippen LogP contribution is 2.35. The average Bonchev–Trinajstić information content (AvgIpc) is 3.16. The summed E-state index contributed by atoms with van der Waals surface area (Å²) in [4.78, 5) is 0. The maximum atomic E-state index is 11.3. The fraction of sp³-hybridized carbons (Fsp3) is 1.00. The molecule has 24 heteroatoms. The van der Waals surface area contributed by atoms with Crippen LogP contribution in [0, 0.1) is 0 Å². The molecule has 16 N–H and O–H groups in total. The van der Waals surface area contributed by atoms with E-state index in [1.165, 1.54) is 13.8 Å². The van der Waals surface area contributed by atoms with Crippen LogP contribution in [0.25, 0.3) is 0 Å². The van der Waals surface area contributed by atoms with Gasteiger partial charge in [0.1, 0.15) is 110 Å². The summed E-state index contributed by atoms with van der Waals surface area (Å²) in [5.74, 6) is 0. The second-order valence-corrected chi connectivity index (χ2v) is 13.7. The third-order valence-corrected chi connectivity index (χ3v) is 9.89. The van der Waals surface area contributed by atoms with Crippen LogP contribution < -0.4 is 0 Å². The summed E-state index contributed by atoms with van der Waals surface area (Å²) >= 11 is 0. The van der Waals surface area contributed by atoms with E-state index in [1.807, 2.05) is 0 Å². The molecule has 0 spiro atoms. The first kappa shape index (κ1) is 45.7. The Labute approximate surface area is 307 Å². The van der Waals surface area contributed by atoms with Gasteiger partial charge in [0, 0.05) is 0 Å². The van der Waals surface area contributed by atoms with Gasteiger partial charge in [0.2, 0.25) is 0 Å². The van der Waals surface area contributed by atoms with E-state index in [-0.39, 0.29) is 0 Å². The molecule has 0 saturated carbocycles. The molecule has 4 aliphatic heterocycles. The molecule has 0 aliphatic carbocycles. The largest absolute Gasteiger partial charge is 0.394 e. The van der Waals surface area contributed by atoms with Crippen LogP contribution in [0.1, 0.15) is 13.8 Å². The third kappa shape index (κ3) is 9.66. The lowest BCUT2D eigenvalue weighted by atomic mass is 9.95. The van der Waals surface area contributed by atoms with Crippen LogP contribution in [-0.4, -0.2) is 255 Å². The normalized spacial score (nSPS) is 48.6. The fourth-order valence-corrected chi connectivity index (χ4v) is 6.48. The average molecular weight is 799 g/mol. The van der Waals surface area contributed by atoms with Crippen molar-refractivity contribution in [2.75, 3.05) is 26.4 Å². The quantitative estimate of drug-likeness (QED) is 0.0731. The molecule has 0 unspecified atom stereocenters. The molecule has 0 bridgehead atoms. The third-order valence-electron chi connectivity index (χ3n) is 9.89. The van der Waals surface area contributed by atoms with Crippen LogP contribution >= 0.6 is 0 Å². The summed E-state index contributed by atoms with van der Waals surface area (Å²) in [6.07, 6.45) is -44.7. The molecule has 318 valence electrons. The summed E-state index contributed by atoms with van der Waals surface area (Å²) in [5, 5.41) is 167. The van der Waals surface area contributed by atoms with E-state index in [0.717, 1.165) is 0 Å². The number of ether oxygens (including phenoxy) is 8. The van der Waals surface area contributed by atoms with Crippen molar-refractivity contribution in [3.63, 3.8) is 0 Å². The summed E-state index contributed by atoms with van der Waals surface area (Å²) in [6, 6.07) is 0. The van der Waals surface area contributed by atoms with Crippen molar-refractivity contribution in [2.24, 2.45) is 0 Å².